The van der Waals surface area contributed by atoms with Crippen LogP contribution < -0.4 is 5.30 Å². The highest BCUT2D eigenvalue weighted by molar-refractivity contribution is 7.66. The molecule has 3 aromatic rings. The van der Waals surface area contributed by atoms with Crippen LogP contribution in [0, 0.1) is 0 Å². The van der Waals surface area contributed by atoms with Gasteiger partial charge in [-0.05, 0) is 25.0 Å². The van der Waals surface area contributed by atoms with Gasteiger partial charge in [-0.15, -0.1) is 0 Å². The Kier molecular flexibility index (Phi) is 4.23. The quantitative estimate of drug-likeness (QED) is 0.647. The zero-order valence-electron chi connectivity index (χ0n) is 11.5. The maximum absolute atomic E-state index is 12.2. The Balaban J connectivity index is 1.75. The number of rotatable bonds is 4. The fourth-order valence-electron chi connectivity index (χ4n) is 2.17. The normalized spacial score (nSPS) is 10.9. The molecule has 1 atom stereocenters. The lowest BCUT2D eigenvalue weighted by Gasteiger charge is -2.04. The van der Waals surface area contributed by atoms with Crippen molar-refractivity contribution in [1.82, 2.24) is 0 Å². The van der Waals surface area contributed by atoms with Crippen molar-refractivity contribution in [2.75, 3.05) is 0 Å². The molecule has 0 amide bonds. The lowest BCUT2D eigenvalue weighted by atomic mass is 10.1. The molecule has 102 valence electrons. The molecule has 0 heterocycles. The van der Waals surface area contributed by atoms with E-state index in [1.54, 1.807) is 0 Å². The Bertz CT molecular complexity index is 719. The van der Waals surface area contributed by atoms with Gasteiger partial charge in [-0.25, -0.2) is 0 Å². The minimum absolute atomic E-state index is 0.171. The molecule has 0 fully saturated rings. The molecule has 0 aliphatic carbocycles. The minimum Gasteiger partial charge on any atom is -0.289 e. The zero-order valence-corrected chi connectivity index (χ0v) is 12.5. The molecule has 1 unspecified atom stereocenters. The van der Waals surface area contributed by atoms with Gasteiger partial charge in [0.2, 0.25) is 0 Å². The van der Waals surface area contributed by atoms with Crippen molar-refractivity contribution in [3.8, 4) is 11.1 Å². The molecule has 0 aliphatic rings. The Morgan fingerprint density at radius 3 is 1.76 bits per heavy atom. The predicted molar refractivity (Wildman–Crippen MR) is 90.6 cm³/mol. The van der Waals surface area contributed by atoms with E-state index in [2.05, 4.69) is 24.3 Å². The van der Waals surface area contributed by atoms with Crippen molar-refractivity contribution in [3.05, 3.63) is 90.5 Å². The van der Waals surface area contributed by atoms with E-state index in [4.69, 9.17) is 0 Å². The van der Waals surface area contributed by atoms with Crippen LogP contribution in [0.15, 0.2) is 84.9 Å². The van der Waals surface area contributed by atoms with Crippen LogP contribution >= 0.6 is 8.58 Å². The van der Waals surface area contributed by atoms with Crippen LogP contribution in [-0.4, -0.2) is 5.52 Å². The second-order valence-corrected chi connectivity index (χ2v) is 6.04. The van der Waals surface area contributed by atoms with E-state index in [0.717, 1.165) is 10.9 Å². The average Bonchev–Trinajstić information content (AvgIpc) is 2.57. The van der Waals surface area contributed by atoms with Gasteiger partial charge in [0.15, 0.2) is 5.52 Å². The Labute approximate surface area is 126 Å². The van der Waals surface area contributed by atoms with Crippen LogP contribution in [0.5, 0.6) is 0 Å². The van der Waals surface area contributed by atoms with E-state index >= 15 is 0 Å². The summed E-state index contributed by atoms with van der Waals surface area (Å²) in [7, 11) is 0.171. The maximum Gasteiger partial charge on any atom is 0.185 e. The molecule has 1 nitrogen and oxygen atoms in total. The Hall–Kier alpha value is -2.24. The zero-order chi connectivity index (χ0) is 14.5. The first-order valence-electron chi connectivity index (χ1n) is 6.85. The molecule has 0 spiro atoms. The van der Waals surface area contributed by atoms with Gasteiger partial charge < -0.3 is 0 Å². The molecule has 0 N–H and O–H groups in total. The van der Waals surface area contributed by atoms with Crippen molar-refractivity contribution in [1.29, 1.82) is 0 Å². The van der Waals surface area contributed by atoms with Crippen LogP contribution in [0.4, 0.5) is 0 Å². The summed E-state index contributed by atoms with van der Waals surface area (Å²) >= 11 is 0. The SMILES string of the molecule is O=C(Pc1ccc(-c2ccccc2)cc1)c1ccccc1. The van der Waals surface area contributed by atoms with Gasteiger partial charge in [0, 0.05) is 5.56 Å². The second-order valence-electron chi connectivity index (χ2n) is 4.76. The Morgan fingerprint density at radius 1 is 0.619 bits per heavy atom. The average molecular weight is 290 g/mol. The third kappa shape index (κ3) is 3.45. The number of benzene rings is 3. The molecule has 0 aliphatic heterocycles. The van der Waals surface area contributed by atoms with Crippen LogP contribution in [-0.2, 0) is 0 Å². The van der Waals surface area contributed by atoms with Crippen molar-refractivity contribution < 1.29 is 4.79 Å². The molecule has 0 radical (unpaired) electrons. The second kappa shape index (κ2) is 6.47. The lowest BCUT2D eigenvalue weighted by molar-refractivity contribution is 0.108. The fourth-order valence-corrected chi connectivity index (χ4v) is 3.08. The molecular weight excluding hydrogens is 275 g/mol. The van der Waals surface area contributed by atoms with E-state index in [0.29, 0.717) is 0 Å². The van der Waals surface area contributed by atoms with Gasteiger partial charge in [0.05, 0.1) is 0 Å². The first-order chi connectivity index (χ1) is 10.3. The smallest absolute Gasteiger partial charge is 0.185 e. The molecule has 0 bridgehead atoms. The molecule has 0 saturated carbocycles. The monoisotopic (exact) mass is 290 g/mol. The van der Waals surface area contributed by atoms with Crippen LogP contribution in [0.3, 0.4) is 0 Å². The highest BCUT2D eigenvalue weighted by Crippen LogP contribution is 2.22. The van der Waals surface area contributed by atoms with Gasteiger partial charge in [-0.3, -0.25) is 4.79 Å². The summed E-state index contributed by atoms with van der Waals surface area (Å²) in [6.07, 6.45) is 0. The van der Waals surface area contributed by atoms with Gasteiger partial charge in [-0.2, -0.15) is 0 Å². The van der Waals surface area contributed by atoms with E-state index in [1.807, 2.05) is 60.7 Å². The van der Waals surface area contributed by atoms with Crippen LogP contribution in [0.1, 0.15) is 10.4 Å². The number of carbonyl (C=O) groups excluding carboxylic acids is 1. The Morgan fingerprint density at radius 2 is 1.14 bits per heavy atom. The molecule has 2 heteroatoms. The van der Waals surface area contributed by atoms with Gasteiger partial charge in [0.1, 0.15) is 0 Å². The molecule has 3 aromatic carbocycles. The largest absolute Gasteiger partial charge is 0.289 e. The van der Waals surface area contributed by atoms with Crippen molar-refractivity contribution in [3.63, 3.8) is 0 Å². The van der Waals surface area contributed by atoms with Crippen molar-refractivity contribution in [2.24, 2.45) is 0 Å². The summed E-state index contributed by atoms with van der Waals surface area (Å²) in [5, 5.41) is 1.07. The highest BCUT2D eigenvalue weighted by atomic mass is 31.1. The molecule has 0 aromatic heterocycles. The standard InChI is InChI=1S/C19H15OP/c20-19(17-9-5-2-6-10-17)21-18-13-11-16(12-14-18)15-7-3-1-4-8-15/h1-14,21H. The summed E-state index contributed by atoms with van der Waals surface area (Å²) < 4.78 is 0. The van der Waals surface area contributed by atoms with Crippen molar-refractivity contribution in [2.45, 2.75) is 0 Å². The first-order valence-corrected chi connectivity index (χ1v) is 7.85. The van der Waals surface area contributed by atoms with Gasteiger partial charge in [-0.1, -0.05) is 84.9 Å². The summed E-state index contributed by atoms with van der Waals surface area (Å²) in [4.78, 5) is 12.2. The molecule has 0 saturated heterocycles. The van der Waals surface area contributed by atoms with Crippen LogP contribution in [0.25, 0.3) is 11.1 Å². The molecule has 21 heavy (non-hydrogen) atoms. The molecule has 3 rings (SSSR count). The highest BCUT2D eigenvalue weighted by Gasteiger charge is 2.06. The summed E-state index contributed by atoms with van der Waals surface area (Å²) in [5.74, 6) is 0. The minimum atomic E-state index is 0.171. The van der Waals surface area contributed by atoms with Crippen LogP contribution in [0.2, 0.25) is 0 Å². The van der Waals surface area contributed by atoms with E-state index in [1.165, 1.54) is 11.1 Å². The summed E-state index contributed by atoms with van der Waals surface area (Å²) in [6.45, 7) is 0. The van der Waals surface area contributed by atoms with E-state index < -0.39 is 0 Å². The van der Waals surface area contributed by atoms with E-state index in [9.17, 15) is 4.79 Å². The number of hydrogen-bond donors (Lipinski definition) is 0. The first kappa shape index (κ1) is 13.7. The third-order valence-corrected chi connectivity index (χ3v) is 4.42. The maximum atomic E-state index is 12.2. The van der Waals surface area contributed by atoms with E-state index in [-0.39, 0.29) is 14.1 Å². The predicted octanol–water partition coefficient (Wildman–Crippen LogP) is 4.50. The summed E-state index contributed by atoms with van der Waals surface area (Å²) in [5.41, 5.74) is 3.34. The van der Waals surface area contributed by atoms with Gasteiger partial charge >= 0.3 is 0 Å². The lowest BCUT2D eigenvalue weighted by Crippen LogP contribution is -2.00. The van der Waals surface area contributed by atoms with Crippen molar-refractivity contribution >= 4 is 19.4 Å². The third-order valence-electron chi connectivity index (χ3n) is 3.29. The molecular formula is C19H15OP. The van der Waals surface area contributed by atoms with Gasteiger partial charge in [0.25, 0.3) is 0 Å². The number of hydrogen-bond acceptors (Lipinski definition) is 1. The fraction of sp³-hybridized carbons (Fsp3) is 0. The number of carbonyl (C=O) groups is 1. The summed E-state index contributed by atoms with van der Waals surface area (Å²) in [6, 6.07) is 28.0. The topological polar surface area (TPSA) is 17.1 Å².